The van der Waals surface area contributed by atoms with Crippen molar-refractivity contribution in [2.45, 2.75) is 32.6 Å². The second-order valence-corrected chi connectivity index (χ2v) is 4.60. The molecule has 1 aliphatic carbocycles. The van der Waals surface area contributed by atoms with Crippen LogP contribution in [0.4, 0.5) is 11.4 Å². The third kappa shape index (κ3) is 2.21. The summed E-state index contributed by atoms with van der Waals surface area (Å²) in [4.78, 5) is 0. The van der Waals surface area contributed by atoms with Crippen molar-refractivity contribution in [3.05, 3.63) is 29.3 Å². The van der Waals surface area contributed by atoms with Crippen LogP contribution < -0.4 is 11.5 Å². The van der Waals surface area contributed by atoms with Crippen LogP contribution in [0.15, 0.2) is 18.2 Å². The molecule has 1 aromatic carbocycles. The van der Waals surface area contributed by atoms with Crippen LogP contribution in [0, 0.1) is 5.92 Å². The van der Waals surface area contributed by atoms with E-state index in [1.165, 1.54) is 30.4 Å². The molecule has 0 amide bonds. The second-order valence-electron chi connectivity index (χ2n) is 4.60. The fourth-order valence-electron chi connectivity index (χ4n) is 2.30. The van der Waals surface area contributed by atoms with Crippen LogP contribution in [-0.4, -0.2) is 0 Å². The number of benzene rings is 1. The van der Waals surface area contributed by atoms with Gasteiger partial charge in [0.25, 0.3) is 0 Å². The zero-order valence-corrected chi connectivity index (χ0v) is 9.87. The number of fused-ring (bicyclic) bond motifs is 1. The molecule has 0 spiro atoms. The molecule has 2 heteroatoms. The lowest BCUT2D eigenvalue weighted by molar-refractivity contribution is 0.544. The Balaban J connectivity index is 2.37. The topological polar surface area (TPSA) is 52.0 Å². The highest BCUT2D eigenvalue weighted by molar-refractivity contribution is 5.71. The van der Waals surface area contributed by atoms with E-state index in [1.807, 2.05) is 12.1 Å². The molecular weight excluding hydrogens is 196 g/mol. The van der Waals surface area contributed by atoms with Crippen molar-refractivity contribution >= 4 is 17.5 Å². The smallest absolute Gasteiger partial charge is 0.0553 e. The quantitative estimate of drug-likeness (QED) is 0.708. The van der Waals surface area contributed by atoms with E-state index in [4.69, 9.17) is 11.5 Å². The van der Waals surface area contributed by atoms with E-state index in [0.29, 0.717) is 17.3 Å². The van der Waals surface area contributed by atoms with E-state index < -0.39 is 0 Å². The zero-order valence-electron chi connectivity index (χ0n) is 9.87. The Hall–Kier alpha value is -1.44. The van der Waals surface area contributed by atoms with E-state index >= 15 is 0 Å². The standard InChI is InChI=1S/C14H20N2/c1-2-10-4-3-5-11-8-13(15)14(16)9-12(11)7-6-10/h6-10H,2-5,15-16H2,1H3. The summed E-state index contributed by atoms with van der Waals surface area (Å²) in [6.07, 6.45) is 9.36. The number of hydrogen-bond donors (Lipinski definition) is 2. The lowest BCUT2D eigenvalue weighted by atomic mass is 9.90. The van der Waals surface area contributed by atoms with Crippen molar-refractivity contribution in [3.63, 3.8) is 0 Å². The SMILES string of the molecule is CCC1C=Cc2cc(N)c(N)cc2CCC1. The molecular formula is C14H20N2. The van der Waals surface area contributed by atoms with Crippen LogP contribution in [-0.2, 0) is 6.42 Å². The minimum absolute atomic E-state index is 0.692. The average molecular weight is 216 g/mol. The predicted octanol–water partition coefficient (Wildman–Crippen LogP) is 3.23. The molecule has 0 saturated heterocycles. The summed E-state index contributed by atoms with van der Waals surface area (Å²) in [5, 5.41) is 0. The van der Waals surface area contributed by atoms with Gasteiger partial charge in [-0.15, -0.1) is 0 Å². The summed E-state index contributed by atoms with van der Waals surface area (Å²) >= 11 is 0. The minimum Gasteiger partial charge on any atom is -0.397 e. The molecule has 2 nitrogen and oxygen atoms in total. The Morgan fingerprint density at radius 2 is 2.00 bits per heavy atom. The van der Waals surface area contributed by atoms with Crippen LogP contribution in [0.25, 0.3) is 6.08 Å². The molecule has 86 valence electrons. The van der Waals surface area contributed by atoms with Crippen molar-refractivity contribution in [3.8, 4) is 0 Å². The van der Waals surface area contributed by atoms with Gasteiger partial charge >= 0.3 is 0 Å². The Morgan fingerprint density at radius 1 is 1.25 bits per heavy atom. The molecule has 0 saturated carbocycles. The fourth-order valence-corrected chi connectivity index (χ4v) is 2.30. The Morgan fingerprint density at radius 3 is 2.75 bits per heavy atom. The Kier molecular flexibility index (Phi) is 3.18. The van der Waals surface area contributed by atoms with Gasteiger partial charge in [0.05, 0.1) is 11.4 Å². The first-order chi connectivity index (χ1) is 7.70. The van der Waals surface area contributed by atoms with Crippen molar-refractivity contribution in [2.75, 3.05) is 11.5 Å². The molecule has 0 aromatic heterocycles. The number of rotatable bonds is 1. The van der Waals surface area contributed by atoms with E-state index in [-0.39, 0.29) is 0 Å². The maximum atomic E-state index is 5.84. The Bertz CT molecular complexity index is 407. The summed E-state index contributed by atoms with van der Waals surface area (Å²) in [5.74, 6) is 0.715. The van der Waals surface area contributed by atoms with Crippen LogP contribution in [0.1, 0.15) is 37.3 Å². The van der Waals surface area contributed by atoms with Crippen molar-refractivity contribution in [1.82, 2.24) is 0 Å². The zero-order chi connectivity index (χ0) is 11.5. The molecule has 4 N–H and O–H groups in total. The molecule has 0 heterocycles. The highest BCUT2D eigenvalue weighted by Gasteiger charge is 2.10. The highest BCUT2D eigenvalue weighted by atomic mass is 14.7. The number of nitrogens with two attached hydrogens (primary N) is 2. The molecule has 0 radical (unpaired) electrons. The van der Waals surface area contributed by atoms with Gasteiger partial charge in [0.15, 0.2) is 0 Å². The molecule has 1 atom stereocenters. The molecule has 16 heavy (non-hydrogen) atoms. The molecule has 1 unspecified atom stereocenters. The first kappa shape index (κ1) is 11.1. The number of allylic oxidation sites excluding steroid dienone is 1. The third-order valence-electron chi connectivity index (χ3n) is 3.44. The van der Waals surface area contributed by atoms with Crippen LogP contribution >= 0.6 is 0 Å². The summed E-state index contributed by atoms with van der Waals surface area (Å²) in [6.45, 7) is 2.24. The molecule has 2 rings (SSSR count). The van der Waals surface area contributed by atoms with Gasteiger partial charge in [-0.05, 0) is 54.9 Å². The van der Waals surface area contributed by atoms with E-state index in [1.54, 1.807) is 0 Å². The maximum Gasteiger partial charge on any atom is 0.0553 e. The van der Waals surface area contributed by atoms with E-state index in [9.17, 15) is 0 Å². The summed E-state index contributed by atoms with van der Waals surface area (Å²) in [6, 6.07) is 4.03. The van der Waals surface area contributed by atoms with Gasteiger partial charge in [-0.25, -0.2) is 0 Å². The Labute approximate surface area is 97.3 Å². The summed E-state index contributed by atoms with van der Waals surface area (Å²) < 4.78 is 0. The van der Waals surface area contributed by atoms with Gasteiger partial charge < -0.3 is 11.5 Å². The number of hydrogen-bond acceptors (Lipinski definition) is 2. The molecule has 1 aliphatic rings. The largest absolute Gasteiger partial charge is 0.397 e. The lowest BCUT2D eigenvalue weighted by Crippen LogP contribution is -2.03. The number of aryl methyl sites for hydroxylation is 1. The number of nitrogen functional groups attached to an aromatic ring is 2. The summed E-state index contributed by atoms with van der Waals surface area (Å²) in [5.41, 5.74) is 15.7. The van der Waals surface area contributed by atoms with Gasteiger partial charge in [0.2, 0.25) is 0 Å². The van der Waals surface area contributed by atoms with Crippen molar-refractivity contribution in [2.24, 2.45) is 5.92 Å². The van der Waals surface area contributed by atoms with E-state index in [2.05, 4.69) is 19.1 Å². The van der Waals surface area contributed by atoms with Crippen molar-refractivity contribution in [1.29, 1.82) is 0 Å². The van der Waals surface area contributed by atoms with Gasteiger partial charge in [-0.3, -0.25) is 0 Å². The van der Waals surface area contributed by atoms with Crippen LogP contribution in [0.5, 0.6) is 0 Å². The van der Waals surface area contributed by atoms with Crippen molar-refractivity contribution < 1.29 is 0 Å². The summed E-state index contributed by atoms with van der Waals surface area (Å²) in [7, 11) is 0. The fraction of sp³-hybridized carbons (Fsp3) is 0.429. The lowest BCUT2D eigenvalue weighted by Gasteiger charge is -2.16. The predicted molar refractivity (Wildman–Crippen MR) is 71.0 cm³/mol. The number of anilines is 2. The highest BCUT2D eigenvalue weighted by Crippen LogP contribution is 2.27. The van der Waals surface area contributed by atoms with Gasteiger partial charge in [-0.1, -0.05) is 19.1 Å². The minimum atomic E-state index is 0.692. The maximum absolute atomic E-state index is 5.84. The van der Waals surface area contributed by atoms with E-state index in [0.717, 1.165) is 6.42 Å². The monoisotopic (exact) mass is 216 g/mol. The molecule has 0 fully saturated rings. The first-order valence-corrected chi connectivity index (χ1v) is 6.06. The van der Waals surface area contributed by atoms with Gasteiger partial charge in [0.1, 0.15) is 0 Å². The average Bonchev–Trinajstić information content (AvgIpc) is 2.25. The van der Waals surface area contributed by atoms with Gasteiger partial charge in [-0.2, -0.15) is 0 Å². The molecule has 0 aliphatic heterocycles. The first-order valence-electron chi connectivity index (χ1n) is 6.06. The normalized spacial score (nSPS) is 19.9. The third-order valence-corrected chi connectivity index (χ3v) is 3.44. The molecule has 1 aromatic rings. The second kappa shape index (κ2) is 4.60. The molecule has 0 bridgehead atoms. The van der Waals surface area contributed by atoms with Gasteiger partial charge in [0, 0.05) is 0 Å². The van der Waals surface area contributed by atoms with Crippen LogP contribution in [0.2, 0.25) is 0 Å². The van der Waals surface area contributed by atoms with Crippen LogP contribution in [0.3, 0.4) is 0 Å².